The number of nitrogens with one attached hydrogen (secondary N) is 1. The molecule has 7 nitrogen and oxygen atoms in total. The van der Waals surface area contributed by atoms with Gasteiger partial charge in [-0.25, -0.2) is 14.8 Å². The van der Waals surface area contributed by atoms with Crippen molar-refractivity contribution in [3.05, 3.63) is 47.9 Å². The van der Waals surface area contributed by atoms with Gasteiger partial charge in [0.25, 0.3) is 0 Å². The number of carboxylic acid groups (broad SMARTS) is 1. The highest BCUT2D eigenvalue weighted by Gasteiger charge is 2.16. The van der Waals surface area contributed by atoms with Gasteiger partial charge in [-0.2, -0.15) is 0 Å². The summed E-state index contributed by atoms with van der Waals surface area (Å²) in [5.41, 5.74) is 2.60. The number of hydrogen-bond acceptors (Lipinski definition) is 6. The molecule has 0 atom stereocenters. The molecular weight excluding hydrogens is 342 g/mol. The van der Waals surface area contributed by atoms with E-state index in [-0.39, 0.29) is 5.69 Å². The van der Waals surface area contributed by atoms with Gasteiger partial charge in [-0.3, -0.25) is 4.90 Å². The summed E-state index contributed by atoms with van der Waals surface area (Å²) in [4.78, 5) is 23.6. The van der Waals surface area contributed by atoms with Crippen molar-refractivity contribution >= 4 is 17.5 Å². The van der Waals surface area contributed by atoms with Crippen LogP contribution in [0, 0.1) is 6.92 Å². The molecule has 0 bridgehead atoms. The zero-order valence-corrected chi connectivity index (χ0v) is 15.8. The van der Waals surface area contributed by atoms with Gasteiger partial charge in [0.05, 0.1) is 12.4 Å². The summed E-state index contributed by atoms with van der Waals surface area (Å²) in [5.74, 6) is -0.441. The molecule has 0 amide bonds. The van der Waals surface area contributed by atoms with Crippen LogP contribution in [0.15, 0.2) is 36.7 Å². The lowest BCUT2D eigenvalue weighted by Crippen LogP contribution is -2.46. The molecule has 2 heterocycles. The Morgan fingerprint density at radius 1 is 1.15 bits per heavy atom. The van der Waals surface area contributed by atoms with E-state index in [0.29, 0.717) is 5.82 Å². The molecule has 0 radical (unpaired) electrons. The molecule has 2 aromatic rings. The van der Waals surface area contributed by atoms with Gasteiger partial charge in [-0.05, 0) is 44.0 Å². The van der Waals surface area contributed by atoms with E-state index in [0.717, 1.165) is 52.1 Å². The fourth-order valence-electron chi connectivity index (χ4n) is 3.26. The lowest BCUT2D eigenvalue weighted by atomic mass is 10.2. The zero-order chi connectivity index (χ0) is 19.1. The number of hydrogen-bond donors (Lipinski definition) is 2. The first-order valence-electron chi connectivity index (χ1n) is 9.45. The van der Waals surface area contributed by atoms with Crippen molar-refractivity contribution in [2.24, 2.45) is 0 Å². The highest BCUT2D eigenvalue weighted by atomic mass is 16.4. The first-order chi connectivity index (χ1) is 13.1. The minimum absolute atomic E-state index is 0.0367. The van der Waals surface area contributed by atoms with Crippen LogP contribution in [0.5, 0.6) is 0 Å². The van der Waals surface area contributed by atoms with Crippen molar-refractivity contribution < 1.29 is 9.90 Å². The van der Waals surface area contributed by atoms with Crippen LogP contribution < -0.4 is 10.2 Å². The quantitative estimate of drug-likeness (QED) is 0.692. The van der Waals surface area contributed by atoms with Gasteiger partial charge in [0, 0.05) is 38.4 Å². The number of piperazine rings is 1. The second-order valence-electron chi connectivity index (χ2n) is 6.89. The summed E-state index contributed by atoms with van der Waals surface area (Å²) in [7, 11) is 0. The SMILES string of the molecule is Cc1cccc(N2CCN(CCCCNc3cnc(C(=O)O)cn3)CC2)c1. The number of benzene rings is 1. The summed E-state index contributed by atoms with van der Waals surface area (Å²) in [6, 6.07) is 8.72. The minimum Gasteiger partial charge on any atom is -0.476 e. The smallest absolute Gasteiger partial charge is 0.356 e. The molecule has 0 saturated carbocycles. The number of carboxylic acids is 1. The van der Waals surface area contributed by atoms with E-state index < -0.39 is 5.97 Å². The number of carbonyl (C=O) groups is 1. The lowest BCUT2D eigenvalue weighted by molar-refractivity contribution is 0.0690. The number of aromatic nitrogens is 2. The van der Waals surface area contributed by atoms with E-state index in [1.54, 1.807) is 0 Å². The first kappa shape index (κ1) is 19.1. The maximum Gasteiger partial charge on any atom is 0.356 e. The maximum atomic E-state index is 10.7. The Labute approximate surface area is 160 Å². The largest absolute Gasteiger partial charge is 0.476 e. The summed E-state index contributed by atoms with van der Waals surface area (Å²) in [6.07, 6.45) is 4.91. The number of aryl methyl sites for hydroxylation is 1. The van der Waals surface area contributed by atoms with Crippen molar-refractivity contribution in [2.45, 2.75) is 19.8 Å². The van der Waals surface area contributed by atoms with Crippen LogP contribution in [0.2, 0.25) is 0 Å². The molecule has 0 unspecified atom stereocenters. The topological polar surface area (TPSA) is 81.6 Å². The van der Waals surface area contributed by atoms with E-state index in [1.165, 1.54) is 23.6 Å². The minimum atomic E-state index is -1.06. The maximum absolute atomic E-state index is 10.7. The van der Waals surface area contributed by atoms with Crippen LogP contribution in [0.1, 0.15) is 28.9 Å². The van der Waals surface area contributed by atoms with Crippen LogP contribution >= 0.6 is 0 Å². The van der Waals surface area contributed by atoms with Crippen molar-refractivity contribution in [1.29, 1.82) is 0 Å². The summed E-state index contributed by atoms with van der Waals surface area (Å²) < 4.78 is 0. The van der Waals surface area contributed by atoms with Crippen LogP contribution in [-0.4, -0.2) is 65.2 Å². The van der Waals surface area contributed by atoms with Crippen LogP contribution in [-0.2, 0) is 0 Å². The predicted molar refractivity (Wildman–Crippen MR) is 107 cm³/mol. The van der Waals surface area contributed by atoms with Gasteiger partial charge in [0.2, 0.25) is 0 Å². The van der Waals surface area contributed by atoms with E-state index in [1.807, 2.05) is 0 Å². The molecule has 144 valence electrons. The Hall–Kier alpha value is -2.67. The molecule has 1 aromatic carbocycles. The molecular formula is C20H27N5O2. The second kappa shape index (κ2) is 9.32. The fourth-order valence-corrected chi connectivity index (χ4v) is 3.26. The normalized spacial score (nSPS) is 14.9. The summed E-state index contributed by atoms with van der Waals surface area (Å²) in [6.45, 7) is 8.41. The van der Waals surface area contributed by atoms with E-state index >= 15 is 0 Å². The van der Waals surface area contributed by atoms with E-state index in [4.69, 9.17) is 5.11 Å². The highest BCUT2D eigenvalue weighted by molar-refractivity contribution is 5.84. The van der Waals surface area contributed by atoms with Gasteiger partial charge in [0.15, 0.2) is 5.69 Å². The van der Waals surface area contributed by atoms with E-state index in [2.05, 4.69) is 56.3 Å². The van der Waals surface area contributed by atoms with Gasteiger partial charge >= 0.3 is 5.97 Å². The molecule has 1 aromatic heterocycles. The van der Waals surface area contributed by atoms with Crippen molar-refractivity contribution in [1.82, 2.24) is 14.9 Å². The number of nitrogens with zero attached hydrogens (tertiary/aromatic N) is 4. The van der Waals surface area contributed by atoms with Crippen molar-refractivity contribution in [2.75, 3.05) is 49.5 Å². The molecule has 2 N–H and O–H groups in total. The highest BCUT2D eigenvalue weighted by Crippen LogP contribution is 2.17. The standard InChI is InChI=1S/C20H27N5O2/c1-16-5-4-6-17(13-16)25-11-9-24(10-12-25)8-3-2-7-21-19-15-22-18(14-23-19)20(26)27/h4-6,13-15H,2-3,7-12H2,1H3,(H,21,23)(H,26,27). The molecule has 1 aliphatic rings. The number of anilines is 2. The van der Waals surface area contributed by atoms with Crippen LogP contribution in [0.25, 0.3) is 0 Å². The van der Waals surface area contributed by atoms with Gasteiger partial charge in [0.1, 0.15) is 5.82 Å². The first-order valence-corrected chi connectivity index (χ1v) is 9.45. The lowest BCUT2D eigenvalue weighted by Gasteiger charge is -2.36. The number of rotatable bonds is 8. The Bertz CT molecular complexity index is 742. The molecule has 7 heteroatoms. The van der Waals surface area contributed by atoms with Gasteiger partial charge in [-0.1, -0.05) is 12.1 Å². The Balaban J connectivity index is 1.31. The molecule has 1 aliphatic heterocycles. The van der Waals surface area contributed by atoms with Crippen LogP contribution in [0.4, 0.5) is 11.5 Å². The Morgan fingerprint density at radius 2 is 1.96 bits per heavy atom. The van der Waals surface area contributed by atoms with Crippen molar-refractivity contribution in [3.8, 4) is 0 Å². The Kier molecular flexibility index (Phi) is 6.59. The van der Waals surface area contributed by atoms with Gasteiger partial charge < -0.3 is 15.3 Å². The fraction of sp³-hybridized carbons (Fsp3) is 0.450. The third-order valence-corrected chi connectivity index (χ3v) is 4.82. The van der Waals surface area contributed by atoms with Crippen molar-refractivity contribution in [3.63, 3.8) is 0 Å². The van der Waals surface area contributed by atoms with E-state index in [9.17, 15) is 4.79 Å². The molecule has 1 saturated heterocycles. The predicted octanol–water partition coefficient (Wildman–Crippen LogP) is 2.50. The molecule has 1 fully saturated rings. The molecule has 0 aliphatic carbocycles. The summed E-state index contributed by atoms with van der Waals surface area (Å²) in [5, 5.41) is 12.0. The zero-order valence-electron chi connectivity index (χ0n) is 15.8. The third-order valence-electron chi connectivity index (χ3n) is 4.82. The molecule has 0 spiro atoms. The Morgan fingerprint density at radius 3 is 2.63 bits per heavy atom. The molecule has 3 rings (SSSR count). The third kappa shape index (κ3) is 5.65. The molecule has 27 heavy (non-hydrogen) atoms. The van der Waals surface area contributed by atoms with Gasteiger partial charge in [-0.15, -0.1) is 0 Å². The average Bonchev–Trinajstić information content (AvgIpc) is 2.68. The monoisotopic (exact) mass is 369 g/mol. The number of unbranched alkanes of at least 4 members (excludes halogenated alkanes) is 1. The van der Waals surface area contributed by atoms with Crippen LogP contribution in [0.3, 0.4) is 0 Å². The average molecular weight is 369 g/mol. The second-order valence-corrected chi connectivity index (χ2v) is 6.89. The number of aromatic carboxylic acids is 1. The summed E-state index contributed by atoms with van der Waals surface area (Å²) >= 11 is 0.